The summed E-state index contributed by atoms with van der Waals surface area (Å²) in [6, 6.07) is 6.13. The van der Waals surface area contributed by atoms with Crippen molar-refractivity contribution in [1.29, 1.82) is 0 Å². The molecule has 1 aromatic carbocycles. The standard InChI is InChI=1S/C11H15FO/c1-8(2)6-11(13)9-4-3-5-10(12)7-9/h3-5,7-8,11,13H,6H2,1-2H3. The van der Waals surface area contributed by atoms with Gasteiger partial charge in [-0.05, 0) is 30.0 Å². The lowest BCUT2D eigenvalue weighted by atomic mass is 10.00. The van der Waals surface area contributed by atoms with Crippen molar-refractivity contribution in [2.24, 2.45) is 5.92 Å². The van der Waals surface area contributed by atoms with Gasteiger partial charge < -0.3 is 5.11 Å². The summed E-state index contributed by atoms with van der Waals surface area (Å²) >= 11 is 0. The smallest absolute Gasteiger partial charge is 0.123 e. The van der Waals surface area contributed by atoms with Crippen molar-refractivity contribution < 1.29 is 9.50 Å². The summed E-state index contributed by atoms with van der Waals surface area (Å²) in [7, 11) is 0. The fourth-order valence-corrected chi connectivity index (χ4v) is 1.30. The first-order valence-electron chi connectivity index (χ1n) is 4.53. The van der Waals surface area contributed by atoms with Gasteiger partial charge >= 0.3 is 0 Å². The second kappa shape index (κ2) is 4.38. The summed E-state index contributed by atoms with van der Waals surface area (Å²) in [6.45, 7) is 4.06. The van der Waals surface area contributed by atoms with Crippen LogP contribution in [-0.4, -0.2) is 5.11 Å². The highest BCUT2D eigenvalue weighted by Gasteiger charge is 2.09. The predicted octanol–water partition coefficient (Wildman–Crippen LogP) is 2.91. The minimum Gasteiger partial charge on any atom is -0.388 e. The van der Waals surface area contributed by atoms with Gasteiger partial charge in [0.1, 0.15) is 5.82 Å². The van der Waals surface area contributed by atoms with Gasteiger partial charge in [0, 0.05) is 0 Å². The van der Waals surface area contributed by atoms with Gasteiger partial charge in [-0.3, -0.25) is 0 Å². The van der Waals surface area contributed by atoms with Gasteiger partial charge in [-0.2, -0.15) is 0 Å². The normalized spacial score (nSPS) is 13.3. The Labute approximate surface area is 78.2 Å². The minimum atomic E-state index is -0.546. The van der Waals surface area contributed by atoms with Crippen molar-refractivity contribution >= 4 is 0 Å². The quantitative estimate of drug-likeness (QED) is 0.762. The van der Waals surface area contributed by atoms with Gasteiger partial charge in [-0.15, -0.1) is 0 Å². The van der Waals surface area contributed by atoms with E-state index in [9.17, 15) is 9.50 Å². The maximum absolute atomic E-state index is 12.8. The van der Waals surface area contributed by atoms with Crippen LogP contribution in [0.1, 0.15) is 31.9 Å². The lowest BCUT2D eigenvalue weighted by molar-refractivity contribution is 0.150. The monoisotopic (exact) mass is 182 g/mol. The van der Waals surface area contributed by atoms with E-state index in [0.717, 1.165) is 0 Å². The average Bonchev–Trinajstić information content (AvgIpc) is 2.03. The number of rotatable bonds is 3. The maximum Gasteiger partial charge on any atom is 0.123 e. The van der Waals surface area contributed by atoms with Gasteiger partial charge in [-0.1, -0.05) is 26.0 Å². The van der Waals surface area contributed by atoms with Gasteiger partial charge in [0.15, 0.2) is 0 Å². The lowest BCUT2D eigenvalue weighted by Gasteiger charge is -2.12. The number of aliphatic hydroxyl groups is 1. The highest BCUT2D eigenvalue weighted by Crippen LogP contribution is 2.21. The van der Waals surface area contributed by atoms with Crippen molar-refractivity contribution in [3.8, 4) is 0 Å². The van der Waals surface area contributed by atoms with Crippen LogP contribution < -0.4 is 0 Å². The molecule has 1 N–H and O–H groups in total. The van der Waals surface area contributed by atoms with E-state index in [2.05, 4.69) is 0 Å². The molecule has 0 bridgehead atoms. The highest BCUT2D eigenvalue weighted by molar-refractivity contribution is 5.18. The van der Waals surface area contributed by atoms with Gasteiger partial charge in [0.05, 0.1) is 6.10 Å². The molecule has 1 nitrogen and oxygen atoms in total. The zero-order valence-corrected chi connectivity index (χ0v) is 8.00. The third kappa shape index (κ3) is 3.15. The minimum absolute atomic E-state index is 0.291. The SMILES string of the molecule is CC(C)CC(O)c1cccc(F)c1. The fourth-order valence-electron chi connectivity index (χ4n) is 1.30. The number of hydrogen-bond donors (Lipinski definition) is 1. The van der Waals surface area contributed by atoms with Gasteiger partial charge in [0.2, 0.25) is 0 Å². The molecule has 0 aliphatic carbocycles. The zero-order chi connectivity index (χ0) is 9.84. The third-order valence-electron chi connectivity index (χ3n) is 1.93. The summed E-state index contributed by atoms with van der Waals surface area (Å²) in [4.78, 5) is 0. The Morgan fingerprint density at radius 2 is 2.08 bits per heavy atom. The van der Waals surface area contributed by atoms with Crippen LogP contribution in [0.25, 0.3) is 0 Å². The summed E-state index contributed by atoms with van der Waals surface area (Å²) in [5.74, 6) is 0.124. The summed E-state index contributed by atoms with van der Waals surface area (Å²) < 4.78 is 12.8. The van der Waals surface area contributed by atoms with E-state index in [0.29, 0.717) is 17.9 Å². The van der Waals surface area contributed by atoms with Crippen LogP contribution >= 0.6 is 0 Å². The maximum atomic E-state index is 12.8. The number of hydrogen-bond acceptors (Lipinski definition) is 1. The van der Waals surface area contributed by atoms with Crippen molar-refractivity contribution in [3.63, 3.8) is 0 Å². The molecule has 1 aromatic rings. The first-order valence-corrected chi connectivity index (χ1v) is 4.53. The Morgan fingerprint density at radius 1 is 1.38 bits per heavy atom. The Hall–Kier alpha value is -0.890. The van der Waals surface area contributed by atoms with Crippen molar-refractivity contribution in [3.05, 3.63) is 35.6 Å². The van der Waals surface area contributed by atoms with Crippen molar-refractivity contribution in [2.75, 3.05) is 0 Å². The Bertz CT molecular complexity index is 271. The molecule has 0 heterocycles. The second-order valence-corrected chi connectivity index (χ2v) is 3.70. The van der Waals surface area contributed by atoms with Gasteiger partial charge in [-0.25, -0.2) is 4.39 Å². The van der Waals surface area contributed by atoms with Crippen LogP contribution in [0.15, 0.2) is 24.3 Å². The molecule has 0 saturated carbocycles. The van der Waals surface area contributed by atoms with Crippen LogP contribution in [0, 0.1) is 11.7 Å². The first kappa shape index (κ1) is 10.2. The first-order chi connectivity index (χ1) is 6.09. The number of aliphatic hydroxyl groups excluding tert-OH is 1. The molecular formula is C11H15FO. The molecule has 13 heavy (non-hydrogen) atoms. The molecule has 0 radical (unpaired) electrons. The molecule has 0 aromatic heterocycles. The average molecular weight is 182 g/mol. The molecule has 0 aliphatic rings. The Morgan fingerprint density at radius 3 is 2.62 bits per heavy atom. The molecule has 1 unspecified atom stereocenters. The predicted molar refractivity (Wildman–Crippen MR) is 50.8 cm³/mol. The Kier molecular flexibility index (Phi) is 3.43. The molecule has 0 fully saturated rings. The molecule has 1 atom stereocenters. The Balaban J connectivity index is 2.71. The largest absolute Gasteiger partial charge is 0.388 e. The fraction of sp³-hybridized carbons (Fsp3) is 0.455. The summed E-state index contributed by atoms with van der Waals surface area (Å²) in [5.41, 5.74) is 0.661. The number of halogens is 1. The van der Waals surface area contributed by atoms with Crippen LogP contribution in [0.2, 0.25) is 0 Å². The van der Waals surface area contributed by atoms with Gasteiger partial charge in [0.25, 0.3) is 0 Å². The van der Waals surface area contributed by atoms with E-state index in [1.165, 1.54) is 12.1 Å². The third-order valence-corrected chi connectivity index (χ3v) is 1.93. The van der Waals surface area contributed by atoms with E-state index in [4.69, 9.17) is 0 Å². The molecule has 0 spiro atoms. The molecular weight excluding hydrogens is 167 g/mol. The molecule has 2 heteroatoms. The highest BCUT2D eigenvalue weighted by atomic mass is 19.1. The molecule has 72 valence electrons. The lowest BCUT2D eigenvalue weighted by Crippen LogP contribution is -2.01. The van der Waals surface area contributed by atoms with Crippen LogP contribution in [-0.2, 0) is 0 Å². The topological polar surface area (TPSA) is 20.2 Å². The van der Waals surface area contributed by atoms with Crippen molar-refractivity contribution in [2.45, 2.75) is 26.4 Å². The summed E-state index contributed by atoms with van der Waals surface area (Å²) in [6.07, 6.45) is 0.124. The molecule has 0 saturated heterocycles. The van der Waals surface area contributed by atoms with Crippen LogP contribution in [0.3, 0.4) is 0 Å². The zero-order valence-electron chi connectivity index (χ0n) is 8.00. The van der Waals surface area contributed by atoms with E-state index in [1.807, 2.05) is 13.8 Å². The van der Waals surface area contributed by atoms with E-state index >= 15 is 0 Å². The number of benzene rings is 1. The second-order valence-electron chi connectivity index (χ2n) is 3.70. The van der Waals surface area contributed by atoms with E-state index in [1.54, 1.807) is 12.1 Å². The van der Waals surface area contributed by atoms with Crippen molar-refractivity contribution in [1.82, 2.24) is 0 Å². The van der Waals surface area contributed by atoms with E-state index < -0.39 is 6.10 Å². The molecule has 0 aliphatic heterocycles. The van der Waals surface area contributed by atoms with E-state index in [-0.39, 0.29) is 5.82 Å². The molecule has 1 rings (SSSR count). The molecule has 0 amide bonds. The van der Waals surface area contributed by atoms with Crippen LogP contribution in [0.4, 0.5) is 4.39 Å². The summed E-state index contributed by atoms with van der Waals surface area (Å²) in [5, 5.41) is 9.65. The van der Waals surface area contributed by atoms with Crippen LogP contribution in [0.5, 0.6) is 0 Å².